The number of hydrogen-bond acceptors (Lipinski definition) is 5. The van der Waals surface area contributed by atoms with Gasteiger partial charge in [-0.25, -0.2) is 9.18 Å². The first-order chi connectivity index (χ1) is 12.5. The number of rotatable bonds is 8. The second-order valence-electron chi connectivity index (χ2n) is 5.03. The fourth-order valence-electron chi connectivity index (χ4n) is 1.90. The van der Waals surface area contributed by atoms with Gasteiger partial charge in [-0.1, -0.05) is 11.6 Å². The highest BCUT2D eigenvalue weighted by atomic mass is 35.5. The van der Waals surface area contributed by atoms with Gasteiger partial charge in [-0.15, -0.1) is 0 Å². The lowest BCUT2D eigenvalue weighted by Crippen LogP contribution is -2.23. The topological polar surface area (TPSA) is 73.9 Å². The summed E-state index contributed by atoms with van der Waals surface area (Å²) in [5.41, 5.74) is 0.295. The van der Waals surface area contributed by atoms with E-state index in [2.05, 4.69) is 5.32 Å². The molecule has 0 radical (unpaired) electrons. The van der Waals surface area contributed by atoms with Gasteiger partial charge in [0.05, 0.1) is 11.6 Å². The average Bonchev–Trinajstić information content (AvgIpc) is 2.63. The van der Waals surface area contributed by atoms with E-state index in [1.54, 1.807) is 24.3 Å². The number of esters is 1. The number of halogens is 2. The van der Waals surface area contributed by atoms with Crippen LogP contribution in [-0.4, -0.2) is 31.7 Å². The van der Waals surface area contributed by atoms with Gasteiger partial charge in [-0.2, -0.15) is 0 Å². The van der Waals surface area contributed by atoms with Crippen LogP contribution in [0.5, 0.6) is 11.5 Å². The normalized spacial score (nSPS) is 10.1. The summed E-state index contributed by atoms with van der Waals surface area (Å²) in [6.45, 7) is 1.59. The Bertz CT molecular complexity index is 767. The summed E-state index contributed by atoms with van der Waals surface area (Å²) in [5, 5.41) is 2.31. The Morgan fingerprint density at radius 1 is 1.04 bits per heavy atom. The standard InChI is InChI=1S/C18H17ClFNO5/c1-2-24-13-4-6-14(7-5-13)25-11-18(23)26-10-17(22)21-12-3-8-16(20)15(19)9-12/h3-9H,2,10-11H2,1H3,(H,21,22). The molecule has 8 heteroatoms. The van der Waals surface area contributed by atoms with E-state index in [9.17, 15) is 14.0 Å². The third-order valence-electron chi connectivity index (χ3n) is 3.06. The highest BCUT2D eigenvalue weighted by Gasteiger charge is 2.10. The minimum atomic E-state index is -0.703. The molecule has 0 bridgehead atoms. The van der Waals surface area contributed by atoms with E-state index in [-0.39, 0.29) is 11.6 Å². The van der Waals surface area contributed by atoms with Crippen molar-refractivity contribution in [2.24, 2.45) is 0 Å². The Morgan fingerprint density at radius 2 is 1.69 bits per heavy atom. The van der Waals surface area contributed by atoms with E-state index in [0.717, 1.165) is 6.07 Å². The Labute approximate surface area is 154 Å². The zero-order chi connectivity index (χ0) is 18.9. The Hall–Kier alpha value is -2.80. The monoisotopic (exact) mass is 381 g/mol. The quantitative estimate of drug-likeness (QED) is 0.709. The second-order valence-corrected chi connectivity index (χ2v) is 5.44. The van der Waals surface area contributed by atoms with Crippen molar-refractivity contribution in [1.82, 2.24) is 0 Å². The molecule has 1 N–H and O–H groups in total. The average molecular weight is 382 g/mol. The molecular formula is C18H17ClFNO5. The Balaban J connectivity index is 1.72. The zero-order valence-electron chi connectivity index (χ0n) is 14.0. The van der Waals surface area contributed by atoms with Gasteiger partial charge in [0.15, 0.2) is 13.2 Å². The largest absolute Gasteiger partial charge is 0.494 e. The van der Waals surface area contributed by atoms with Crippen LogP contribution in [0.15, 0.2) is 42.5 Å². The Morgan fingerprint density at radius 3 is 2.31 bits per heavy atom. The predicted molar refractivity (Wildman–Crippen MR) is 94.1 cm³/mol. The van der Waals surface area contributed by atoms with E-state index in [4.69, 9.17) is 25.8 Å². The molecule has 1 amide bonds. The van der Waals surface area contributed by atoms with Crippen LogP contribution in [0.1, 0.15) is 6.92 Å². The molecular weight excluding hydrogens is 365 g/mol. The highest BCUT2D eigenvalue weighted by molar-refractivity contribution is 6.31. The Kier molecular flexibility index (Phi) is 7.23. The minimum Gasteiger partial charge on any atom is -0.494 e. The molecule has 0 heterocycles. The molecule has 0 saturated carbocycles. The maximum Gasteiger partial charge on any atom is 0.344 e. The fourth-order valence-corrected chi connectivity index (χ4v) is 2.08. The summed E-state index contributed by atoms with van der Waals surface area (Å²) < 4.78 is 28.4. The SMILES string of the molecule is CCOc1ccc(OCC(=O)OCC(=O)Nc2ccc(F)c(Cl)c2)cc1. The predicted octanol–water partition coefficient (Wildman–Crippen LogP) is 3.44. The molecule has 26 heavy (non-hydrogen) atoms. The molecule has 2 aromatic rings. The number of hydrogen-bond donors (Lipinski definition) is 1. The summed E-state index contributed by atoms with van der Waals surface area (Å²) in [5.74, 6) is -0.716. The van der Waals surface area contributed by atoms with Crippen LogP contribution in [0.3, 0.4) is 0 Å². The van der Waals surface area contributed by atoms with E-state index in [1.807, 2.05) is 6.92 Å². The molecule has 0 unspecified atom stereocenters. The van der Waals surface area contributed by atoms with Gasteiger partial charge < -0.3 is 19.5 Å². The lowest BCUT2D eigenvalue weighted by molar-refractivity contribution is -0.149. The van der Waals surface area contributed by atoms with Gasteiger partial charge >= 0.3 is 5.97 Å². The van der Waals surface area contributed by atoms with Crippen molar-refractivity contribution >= 4 is 29.2 Å². The fraction of sp³-hybridized carbons (Fsp3) is 0.222. The van der Waals surface area contributed by atoms with Crippen LogP contribution >= 0.6 is 11.6 Å². The lowest BCUT2D eigenvalue weighted by atomic mass is 10.3. The molecule has 0 aliphatic rings. The number of amides is 1. The van der Waals surface area contributed by atoms with Crippen molar-refractivity contribution in [3.05, 3.63) is 53.3 Å². The first kappa shape index (κ1) is 19.5. The van der Waals surface area contributed by atoms with Crippen molar-refractivity contribution in [2.45, 2.75) is 6.92 Å². The molecule has 0 aromatic heterocycles. The van der Waals surface area contributed by atoms with E-state index < -0.39 is 24.3 Å². The number of carbonyl (C=O) groups excluding carboxylic acids is 2. The van der Waals surface area contributed by atoms with Crippen LogP contribution < -0.4 is 14.8 Å². The van der Waals surface area contributed by atoms with Crippen molar-refractivity contribution in [1.29, 1.82) is 0 Å². The van der Waals surface area contributed by atoms with E-state index in [0.29, 0.717) is 23.8 Å². The third kappa shape index (κ3) is 6.25. The molecule has 138 valence electrons. The van der Waals surface area contributed by atoms with Crippen molar-refractivity contribution in [3.8, 4) is 11.5 Å². The highest BCUT2D eigenvalue weighted by Crippen LogP contribution is 2.19. The molecule has 0 spiro atoms. The maximum atomic E-state index is 13.0. The first-order valence-electron chi connectivity index (χ1n) is 7.74. The summed E-state index contributed by atoms with van der Waals surface area (Å²) in [6.07, 6.45) is 0. The van der Waals surface area contributed by atoms with Crippen molar-refractivity contribution < 1.29 is 28.2 Å². The first-order valence-corrected chi connectivity index (χ1v) is 8.12. The smallest absolute Gasteiger partial charge is 0.344 e. The van der Waals surface area contributed by atoms with Gasteiger partial charge in [0.2, 0.25) is 0 Å². The van der Waals surface area contributed by atoms with Crippen LogP contribution in [0.2, 0.25) is 5.02 Å². The van der Waals surface area contributed by atoms with Crippen molar-refractivity contribution in [2.75, 3.05) is 25.1 Å². The van der Waals surface area contributed by atoms with Crippen LogP contribution in [0.4, 0.5) is 10.1 Å². The number of carbonyl (C=O) groups is 2. The molecule has 6 nitrogen and oxygen atoms in total. The second kappa shape index (κ2) is 9.62. The van der Waals surface area contributed by atoms with Crippen LogP contribution in [0, 0.1) is 5.82 Å². The summed E-state index contributed by atoms with van der Waals surface area (Å²) >= 11 is 5.62. The number of ether oxygens (including phenoxy) is 3. The molecule has 0 aliphatic carbocycles. The van der Waals surface area contributed by atoms with Gasteiger partial charge in [-0.3, -0.25) is 4.79 Å². The zero-order valence-corrected chi connectivity index (χ0v) is 14.7. The minimum absolute atomic E-state index is 0.122. The molecule has 0 fully saturated rings. The van der Waals surface area contributed by atoms with Gasteiger partial charge in [0.1, 0.15) is 17.3 Å². The lowest BCUT2D eigenvalue weighted by Gasteiger charge is -2.09. The van der Waals surface area contributed by atoms with Gasteiger partial charge in [0.25, 0.3) is 5.91 Å². The summed E-state index contributed by atoms with van der Waals surface area (Å²) in [6, 6.07) is 10.5. The van der Waals surface area contributed by atoms with Crippen molar-refractivity contribution in [3.63, 3.8) is 0 Å². The molecule has 0 atom stereocenters. The molecule has 2 aromatic carbocycles. The maximum absolute atomic E-state index is 13.0. The van der Waals surface area contributed by atoms with Gasteiger partial charge in [0, 0.05) is 5.69 Å². The van der Waals surface area contributed by atoms with Crippen LogP contribution in [0.25, 0.3) is 0 Å². The molecule has 0 aliphatic heterocycles. The number of anilines is 1. The molecule has 2 rings (SSSR count). The number of nitrogens with one attached hydrogen (secondary N) is 1. The number of benzene rings is 2. The molecule has 0 saturated heterocycles. The van der Waals surface area contributed by atoms with Crippen LogP contribution in [-0.2, 0) is 14.3 Å². The summed E-state index contributed by atoms with van der Waals surface area (Å²) in [4.78, 5) is 23.3. The van der Waals surface area contributed by atoms with E-state index >= 15 is 0 Å². The summed E-state index contributed by atoms with van der Waals surface area (Å²) in [7, 11) is 0. The van der Waals surface area contributed by atoms with E-state index in [1.165, 1.54) is 12.1 Å². The van der Waals surface area contributed by atoms with Gasteiger partial charge in [-0.05, 0) is 49.4 Å². The third-order valence-corrected chi connectivity index (χ3v) is 3.35.